The molecule has 0 radical (unpaired) electrons. The number of aliphatic hydroxyl groups is 1. The molecule has 0 fully saturated rings. The average molecular weight is 352 g/mol. The van der Waals surface area contributed by atoms with Crippen LogP contribution in [-0.4, -0.2) is 21.2 Å². The van der Waals surface area contributed by atoms with Gasteiger partial charge in [0.15, 0.2) is 12.2 Å². The van der Waals surface area contributed by atoms with Crippen LogP contribution in [0.25, 0.3) is 11.1 Å². The molecular formula is C19H16N2O5. The fraction of sp³-hybridized carbons (Fsp3) is 0.211. The van der Waals surface area contributed by atoms with Gasteiger partial charge in [-0.15, -0.1) is 0 Å². The maximum absolute atomic E-state index is 11.0. The lowest BCUT2D eigenvalue weighted by molar-refractivity contribution is 0.0697. The summed E-state index contributed by atoms with van der Waals surface area (Å²) in [6, 6.07) is 11.3. The predicted octanol–water partition coefficient (Wildman–Crippen LogP) is 3.42. The van der Waals surface area contributed by atoms with Gasteiger partial charge in [-0.2, -0.15) is 5.26 Å². The zero-order valence-electron chi connectivity index (χ0n) is 14.0. The maximum atomic E-state index is 11.0. The van der Waals surface area contributed by atoms with Crippen LogP contribution in [0.3, 0.4) is 0 Å². The first-order valence-electron chi connectivity index (χ1n) is 7.99. The maximum Gasteiger partial charge on any atom is 0.335 e. The van der Waals surface area contributed by atoms with Crippen molar-refractivity contribution in [1.82, 2.24) is 4.98 Å². The van der Waals surface area contributed by atoms with Crippen LogP contribution in [-0.2, 0) is 6.61 Å². The van der Waals surface area contributed by atoms with Gasteiger partial charge in [-0.05, 0) is 42.3 Å². The van der Waals surface area contributed by atoms with E-state index in [9.17, 15) is 15.2 Å². The quantitative estimate of drug-likeness (QED) is 0.698. The molecule has 7 heteroatoms. The minimum Gasteiger partial charge on any atom is -0.482 e. The fourth-order valence-electron chi connectivity index (χ4n) is 2.50. The number of nitriles is 1. The third kappa shape index (κ3) is 3.50. The molecular weight excluding hydrogens is 336 g/mol. The molecule has 2 aromatic carbocycles. The molecule has 1 heterocycles. The summed E-state index contributed by atoms with van der Waals surface area (Å²) < 4.78 is 11.2. The van der Waals surface area contributed by atoms with Gasteiger partial charge in [0.2, 0.25) is 5.89 Å². The van der Waals surface area contributed by atoms with E-state index >= 15 is 0 Å². The summed E-state index contributed by atoms with van der Waals surface area (Å²) in [6.45, 7) is 1.82. The van der Waals surface area contributed by atoms with Crippen molar-refractivity contribution in [2.24, 2.45) is 0 Å². The van der Waals surface area contributed by atoms with Crippen LogP contribution in [0.2, 0.25) is 0 Å². The van der Waals surface area contributed by atoms with Gasteiger partial charge < -0.3 is 19.4 Å². The van der Waals surface area contributed by atoms with Gasteiger partial charge >= 0.3 is 5.97 Å². The molecule has 0 aliphatic rings. The molecule has 7 nitrogen and oxygen atoms in total. The molecule has 0 saturated heterocycles. The molecule has 0 saturated carbocycles. The molecule has 0 spiro atoms. The van der Waals surface area contributed by atoms with E-state index in [0.717, 1.165) is 0 Å². The van der Waals surface area contributed by atoms with Gasteiger partial charge in [0.05, 0.1) is 17.2 Å². The Balaban J connectivity index is 1.83. The van der Waals surface area contributed by atoms with Crippen LogP contribution in [0.1, 0.15) is 46.8 Å². The minimum atomic E-state index is -1.05. The number of fused-ring (bicyclic) bond motifs is 1. The van der Waals surface area contributed by atoms with Crippen molar-refractivity contribution < 1.29 is 24.2 Å². The van der Waals surface area contributed by atoms with Crippen molar-refractivity contribution in [2.45, 2.75) is 26.1 Å². The second kappa shape index (κ2) is 7.25. The zero-order chi connectivity index (χ0) is 18.7. The number of rotatable bonds is 6. The number of hydrogen-bond donors (Lipinski definition) is 2. The lowest BCUT2D eigenvalue weighted by Gasteiger charge is -2.11. The summed E-state index contributed by atoms with van der Waals surface area (Å²) >= 11 is 0. The van der Waals surface area contributed by atoms with Crippen molar-refractivity contribution >= 4 is 17.1 Å². The van der Waals surface area contributed by atoms with Gasteiger partial charge in [0.25, 0.3) is 0 Å². The van der Waals surface area contributed by atoms with Gasteiger partial charge in [0.1, 0.15) is 17.3 Å². The molecule has 1 aromatic heterocycles. The Morgan fingerprint density at radius 2 is 2.15 bits per heavy atom. The van der Waals surface area contributed by atoms with E-state index in [-0.39, 0.29) is 18.1 Å². The molecule has 1 unspecified atom stereocenters. The number of carbonyl (C=O) groups is 1. The number of nitrogens with zero attached hydrogens (tertiary/aromatic N) is 2. The summed E-state index contributed by atoms with van der Waals surface area (Å²) in [5.74, 6) is -0.468. The Bertz CT molecular complexity index is 1000. The summed E-state index contributed by atoms with van der Waals surface area (Å²) in [7, 11) is 0. The van der Waals surface area contributed by atoms with Gasteiger partial charge in [-0.3, -0.25) is 0 Å². The van der Waals surface area contributed by atoms with Crippen LogP contribution >= 0.6 is 0 Å². The largest absolute Gasteiger partial charge is 0.482 e. The second-order valence-corrected chi connectivity index (χ2v) is 5.68. The highest BCUT2D eigenvalue weighted by atomic mass is 16.5. The third-order valence-electron chi connectivity index (χ3n) is 3.93. The molecule has 2 N–H and O–H groups in total. The van der Waals surface area contributed by atoms with Crippen molar-refractivity contribution in [3.63, 3.8) is 0 Å². The Kier molecular flexibility index (Phi) is 4.87. The van der Waals surface area contributed by atoms with Gasteiger partial charge in [-0.1, -0.05) is 13.0 Å². The Morgan fingerprint density at radius 3 is 2.85 bits per heavy atom. The fourth-order valence-corrected chi connectivity index (χ4v) is 2.50. The number of aliphatic hydroxyl groups excluding tert-OH is 1. The monoisotopic (exact) mass is 352 g/mol. The van der Waals surface area contributed by atoms with E-state index in [1.807, 2.05) is 13.0 Å². The smallest absolute Gasteiger partial charge is 0.335 e. The number of hydrogen-bond acceptors (Lipinski definition) is 6. The SMILES string of the molecule is CCC(O)c1ccc(C#N)c(OCc2nc3ccc(C(=O)O)cc3o2)c1. The number of oxazole rings is 1. The van der Waals surface area contributed by atoms with E-state index < -0.39 is 12.1 Å². The second-order valence-electron chi connectivity index (χ2n) is 5.68. The van der Waals surface area contributed by atoms with Crippen molar-refractivity contribution in [3.05, 3.63) is 59.0 Å². The number of benzene rings is 2. The van der Waals surface area contributed by atoms with Crippen molar-refractivity contribution in [1.29, 1.82) is 5.26 Å². The van der Waals surface area contributed by atoms with E-state index in [2.05, 4.69) is 4.98 Å². The Hall–Kier alpha value is -3.37. The summed E-state index contributed by atoms with van der Waals surface area (Å²) in [5.41, 5.74) is 1.96. The first-order chi connectivity index (χ1) is 12.5. The highest BCUT2D eigenvalue weighted by Crippen LogP contribution is 2.26. The van der Waals surface area contributed by atoms with Gasteiger partial charge in [-0.25, -0.2) is 9.78 Å². The van der Waals surface area contributed by atoms with E-state index in [1.54, 1.807) is 24.3 Å². The molecule has 26 heavy (non-hydrogen) atoms. The number of ether oxygens (including phenoxy) is 1. The molecule has 0 bridgehead atoms. The Labute approximate surface area is 149 Å². The highest BCUT2D eigenvalue weighted by molar-refractivity contribution is 5.91. The average Bonchev–Trinajstić information content (AvgIpc) is 3.07. The summed E-state index contributed by atoms with van der Waals surface area (Å²) in [4.78, 5) is 15.2. The molecule has 0 aliphatic heterocycles. The van der Waals surface area contributed by atoms with Gasteiger partial charge in [0, 0.05) is 0 Å². The normalized spacial score (nSPS) is 11.9. The van der Waals surface area contributed by atoms with Crippen LogP contribution in [0.15, 0.2) is 40.8 Å². The first kappa shape index (κ1) is 17.5. The van der Waals surface area contributed by atoms with Crippen LogP contribution in [0, 0.1) is 11.3 Å². The topological polar surface area (TPSA) is 117 Å². The summed E-state index contributed by atoms with van der Waals surface area (Å²) in [6.07, 6.45) is -0.0913. The molecule has 3 aromatic rings. The highest BCUT2D eigenvalue weighted by Gasteiger charge is 2.13. The summed E-state index contributed by atoms with van der Waals surface area (Å²) in [5, 5.41) is 28.2. The van der Waals surface area contributed by atoms with E-state index in [4.69, 9.17) is 14.3 Å². The standard InChI is InChI=1S/C19H16N2O5/c1-2-15(22)11-3-4-13(9-20)16(7-11)25-10-18-21-14-6-5-12(19(23)24)8-17(14)26-18/h3-8,15,22H,2,10H2,1H3,(H,23,24). The van der Waals surface area contributed by atoms with E-state index in [1.165, 1.54) is 12.1 Å². The minimum absolute atomic E-state index is 0.0303. The van der Waals surface area contributed by atoms with Crippen LogP contribution in [0.4, 0.5) is 0 Å². The number of carboxylic acids is 1. The third-order valence-corrected chi connectivity index (χ3v) is 3.93. The number of carboxylic acid groups (broad SMARTS) is 1. The molecule has 0 aliphatic carbocycles. The van der Waals surface area contributed by atoms with Crippen LogP contribution < -0.4 is 4.74 Å². The Morgan fingerprint density at radius 1 is 1.35 bits per heavy atom. The molecule has 3 rings (SSSR count). The lowest BCUT2D eigenvalue weighted by atomic mass is 10.0. The molecule has 132 valence electrons. The first-order valence-corrected chi connectivity index (χ1v) is 7.99. The van der Waals surface area contributed by atoms with E-state index in [0.29, 0.717) is 34.4 Å². The predicted molar refractivity (Wildman–Crippen MR) is 91.7 cm³/mol. The van der Waals surface area contributed by atoms with Crippen molar-refractivity contribution in [2.75, 3.05) is 0 Å². The molecule has 0 amide bonds. The molecule has 1 atom stereocenters. The van der Waals surface area contributed by atoms with Crippen LogP contribution in [0.5, 0.6) is 5.75 Å². The number of aromatic carboxylic acids is 1. The number of aromatic nitrogens is 1. The van der Waals surface area contributed by atoms with Crippen molar-refractivity contribution in [3.8, 4) is 11.8 Å². The zero-order valence-corrected chi connectivity index (χ0v) is 14.0. The lowest BCUT2D eigenvalue weighted by Crippen LogP contribution is -2.01.